The molecule has 0 unspecified atom stereocenters. The van der Waals surface area contributed by atoms with Crippen molar-refractivity contribution in [3.63, 3.8) is 0 Å². The molecule has 1 aromatic heterocycles. The maximum Gasteiger partial charge on any atom is 0.287 e. The first-order chi connectivity index (χ1) is 9.06. The molecule has 108 valence electrons. The van der Waals surface area contributed by atoms with Crippen LogP contribution in [0.4, 0.5) is 5.69 Å². The summed E-state index contributed by atoms with van der Waals surface area (Å²) in [6.07, 6.45) is 4.58. The second-order valence-corrected chi connectivity index (χ2v) is 5.22. The van der Waals surface area contributed by atoms with E-state index in [-0.39, 0.29) is 10.6 Å². The molecule has 0 radical (unpaired) electrons. The standard InChI is InChI=1S/C13H23ClN4O/c1-4-5-9-18-13(19)12(14)11(10-16-18)15-7-6-8-17(2)3/h10,15H,4-9H2,1-3H3. The molecule has 0 aliphatic heterocycles. The van der Waals surface area contributed by atoms with E-state index in [0.717, 1.165) is 32.4 Å². The monoisotopic (exact) mass is 286 g/mol. The van der Waals surface area contributed by atoms with Gasteiger partial charge in [0.1, 0.15) is 5.02 Å². The van der Waals surface area contributed by atoms with E-state index in [0.29, 0.717) is 12.2 Å². The van der Waals surface area contributed by atoms with Crippen molar-refractivity contribution in [1.29, 1.82) is 0 Å². The number of halogens is 1. The summed E-state index contributed by atoms with van der Waals surface area (Å²) in [7, 11) is 4.06. The average Bonchev–Trinajstić information content (AvgIpc) is 2.38. The van der Waals surface area contributed by atoms with Gasteiger partial charge in [-0.05, 0) is 33.5 Å². The third kappa shape index (κ3) is 5.20. The average molecular weight is 287 g/mol. The Morgan fingerprint density at radius 1 is 1.42 bits per heavy atom. The van der Waals surface area contributed by atoms with Crippen LogP contribution in [0.2, 0.25) is 5.02 Å². The molecular weight excluding hydrogens is 264 g/mol. The fourth-order valence-corrected chi connectivity index (χ4v) is 1.89. The molecule has 5 nitrogen and oxygen atoms in total. The number of aryl methyl sites for hydroxylation is 1. The van der Waals surface area contributed by atoms with Crippen molar-refractivity contribution in [2.45, 2.75) is 32.7 Å². The molecule has 0 aliphatic carbocycles. The molecule has 0 atom stereocenters. The van der Waals surface area contributed by atoms with Gasteiger partial charge in [0.15, 0.2) is 0 Å². The van der Waals surface area contributed by atoms with Gasteiger partial charge < -0.3 is 10.2 Å². The van der Waals surface area contributed by atoms with Gasteiger partial charge in [-0.3, -0.25) is 4.79 Å². The highest BCUT2D eigenvalue weighted by molar-refractivity contribution is 6.32. The van der Waals surface area contributed by atoms with Gasteiger partial charge in [0.25, 0.3) is 5.56 Å². The molecule has 1 N–H and O–H groups in total. The van der Waals surface area contributed by atoms with Crippen molar-refractivity contribution in [3.05, 3.63) is 21.6 Å². The molecule has 0 aliphatic rings. The van der Waals surface area contributed by atoms with Crippen LogP contribution in [0, 0.1) is 0 Å². The number of rotatable bonds is 8. The van der Waals surface area contributed by atoms with E-state index in [1.807, 2.05) is 14.1 Å². The molecule has 0 aromatic carbocycles. The van der Waals surface area contributed by atoms with Crippen molar-refractivity contribution >= 4 is 17.3 Å². The fraction of sp³-hybridized carbons (Fsp3) is 0.692. The van der Waals surface area contributed by atoms with Crippen molar-refractivity contribution in [2.75, 3.05) is 32.5 Å². The molecule has 0 saturated carbocycles. The number of unbranched alkanes of at least 4 members (excludes halogenated alkanes) is 1. The van der Waals surface area contributed by atoms with Crippen molar-refractivity contribution < 1.29 is 0 Å². The molecule has 6 heteroatoms. The van der Waals surface area contributed by atoms with Gasteiger partial charge in [-0.25, -0.2) is 4.68 Å². The van der Waals surface area contributed by atoms with Gasteiger partial charge in [-0.2, -0.15) is 5.10 Å². The number of aromatic nitrogens is 2. The minimum Gasteiger partial charge on any atom is -0.382 e. The lowest BCUT2D eigenvalue weighted by Crippen LogP contribution is -2.24. The molecule has 0 amide bonds. The predicted molar refractivity (Wildman–Crippen MR) is 80.1 cm³/mol. The van der Waals surface area contributed by atoms with Crippen LogP contribution in [-0.4, -0.2) is 41.9 Å². The van der Waals surface area contributed by atoms with Gasteiger partial charge >= 0.3 is 0 Å². The van der Waals surface area contributed by atoms with Gasteiger partial charge in [0.05, 0.1) is 11.9 Å². The molecule has 19 heavy (non-hydrogen) atoms. The molecule has 0 spiro atoms. The maximum atomic E-state index is 12.0. The normalized spacial score (nSPS) is 11.0. The zero-order valence-electron chi connectivity index (χ0n) is 11.9. The summed E-state index contributed by atoms with van der Waals surface area (Å²) in [5, 5.41) is 7.53. The quantitative estimate of drug-likeness (QED) is 0.743. The van der Waals surface area contributed by atoms with Gasteiger partial charge in [0.2, 0.25) is 0 Å². The molecule has 0 fully saturated rings. The van der Waals surface area contributed by atoms with Crippen molar-refractivity contribution in [1.82, 2.24) is 14.7 Å². The fourth-order valence-electron chi connectivity index (χ4n) is 1.67. The van der Waals surface area contributed by atoms with Crippen LogP contribution in [0.15, 0.2) is 11.0 Å². The Labute approximate surface area is 119 Å². The maximum absolute atomic E-state index is 12.0. The lowest BCUT2D eigenvalue weighted by atomic mass is 10.3. The van der Waals surface area contributed by atoms with E-state index in [1.165, 1.54) is 4.68 Å². The van der Waals surface area contributed by atoms with Crippen LogP contribution in [-0.2, 0) is 6.54 Å². The Balaban J connectivity index is 2.61. The first-order valence-electron chi connectivity index (χ1n) is 6.70. The number of hydrogen-bond donors (Lipinski definition) is 1. The highest BCUT2D eigenvalue weighted by Crippen LogP contribution is 2.15. The number of nitrogens with zero attached hydrogens (tertiary/aromatic N) is 3. The summed E-state index contributed by atoms with van der Waals surface area (Å²) in [6.45, 7) is 4.47. The van der Waals surface area contributed by atoms with Crippen LogP contribution >= 0.6 is 11.6 Å². The molecule has 0 saturated heterocycles. The minimum absolute atomic E-state index is 0.215. The van der Waals surface area contributed by atoms with E-state index < -0.39 is 0 Å². The largest absolute Gasteiger partial charge is 0.382 e. The minimum atomic E-state index is -0.215. The number of nitrogens with one attached hydrogen (secondary N) is 1. The van der Waals surface area contributed by atoms with E-state index in [9.17, 15) is 4.79 Å². The summed E-state index contributed by atoms with van der Waals surface area (Å²) >= 11 is 6.07. The molecule has 1 rings (SSSR count). The highest BCUT2D eigenvalue weighted by atomic mass is 35.5. The zero-order valence-corrected chi connectivity index (χ0v) is 12.7. The summed E-state index contributed by atoms with van der Waals surface area (Å²) < 4.78 is 1.43. The summed E-state index contributed by atoms with van der Waals surface area (Å²) in [5.41, 5.74) is 0.408. The number of anilines is 1. The van der Waals surface area contributed by atoms with E-state index in [4.69, 9.17) is 11.6 Å². The lowest BCUT2D eigenvalue weighted by Gasteiger charge is -2.12. The van der Waals surface area contributed by atoms with Crippen LogP contribution in [0.1, 0.15) is 26.2 Å². The first-order valence-corrected chi connectivity index (χ1v) is 7.08. The third-order valence-electron chi connectivity index (χ3n) is 2.81. The van der Waals surface area contributed by atoms with E-state index in [2.05, 4.69) is 22.2 Å². The first kappa shape index (κ1) is 16.0. The SMILES string of the molecule is CCCCn1ncc(NCCCN(C)C)c(Cl)c1=O. The second kappa shape index (κ2) is 8.17. The van der Waals surface area contributed by atoms with Gasteiger partial charge in [-0.15, -0.1) is 0 Å². The summed E-state index contributed by atoms with van der Waals surface area (Å²) in [6, 6.07) is 0. The lowest BCUT2D eigenvalue weighted by molar-refractivity contribution is 0.405. The Hall–Kier alpha value is -1.07. The Kier molecular flexibility index (Phi) is 6.87. The second-order valence-electron chi connectivity index (χ2n) is 4.84. The summed E-state index contributed by atoms with van der Waals surface area (Å²) in [4.78, 5) is 14.1. The smallest absolute Gasteiger partial charge is 0.287 e. The van der Waals surface area contributed by atoms with Crippen LogP contribution in [0.3, 0.4) is 0 Å². The predicted octanol–water partition coefficient (Wildman–Crippen LogP) is 2.06. The Morgan fingerprint density at radius 3 is 2.79 bits per heavy atom. The third-order valence-corrected chi connectivity index (χ3v) is 3.17. The van der Waals surface area contributed by atoms with Crippen LogP contribution in [0.5, 0.6) is 0 Å². The zero-order chi connectivity index (χ0) is 14.3. The number of hydrogen-bond acceptors (Lipinski definition) is 4. The Morgan fingerprint density at radius 2 is 2.16 bits per heavy atom. The molecule has 0 bridgehead atoms. The topological polar surface area (TPSA) is 50.2 Å². The Bertz CT molecular complexity index is 445. The van der Waals surface area contributed by atoms with Gasteiger partial charge in [-0.1, -0.05) is 24.9 Å². The van der Waals surface area contributed by atoms with Crippen LogP contribution < -0.4 is 10.9 Å². The van der Waals surface area contributed by atoms with Crippen molar-refractivity contribution in [3.8, 4) is 0 Å². The van der Waals surface area contributed by atoms with Gasteiger partial charge in [0, 0.05) is 13.1 Å². The van der Waals surface area contributed by atoms with Crippen molar-refractivity contribution in [2.24, 2.45) is 0 Å². The molecular formula is C13H23ClN4O. The molecule has 1 heterocycles. The van der Waals surface area contributed by atoms with E-state index >= 15 is 0 Å². The highest BCUT2D eigenvalue weighted by Gasteiger charge is 2.08. The van der Waals surface area contributed by atoms with Crippen LogP contribution in [0.25, 0.3) is 0 Å². The molecule has 1 aromatic rings. The van der Waals surface area contributed by atoms with E-state index in [1.54, 1.807) is 6.20 Å². The summed E-state index contributed by atoms with van der Waals surface area (Å²) in [5.74, 6) is 0.